The Morgan fingerprint density at radius 2 is 1.61 bits per heavy atom. The molecule has 1 atom stereocenters. The largest absolute Gasteiger partial charge is 0.348 e. The lowest BCUT2D eigenvalue weighted by atomic mass is 9.98. The minimum atomic E-state index is -0.738. The molecule has 0 bridgehead atoms. The SMILES string of the molecule is CC(C)(C)N(CC(=O)N1CCn2cccc2C1c1ccccc1F)C(=O)c1ccccc1F. The first-order valence-electron chi connectivity index (χ1n) is 10.9. The molecule has 0 N–H and O–H groups in total. The van der Waals surface area contributed by atoms with Gasteiger partial charge in [-0.15, -0.1) is 0 Å². The van der Waals surface area contributed by atoms with Crippen LogP contribution in [0.3, 0.4) is 0 Å². The third-order valence-corrected chi connectivity index (χ3v) is 6.01. The summed E-state index contributed by atoms with van der Waals surface area (Å²) in [5.41, 5.74) is 0.382. The number of rotatable bonds is 4. The quantitative estimate of drug-likeness (QED) is 0.580. The van der Waals surface area contributed by atoms with E-state index in [4.69, 9.17) is 0 Å². The summed E-state index contributed by atoms with van der Waals surface area (Å²) in [6.45, 7) is 6.09. The second-order valence-corrected chi connectivity index (χ2v) is 9.18. The molecule has 1 aliphatic heterocycles. The number of hydrogen-bond acceptors (Lipinski definition) is 2. The number of halogens is 2. The molecule has 5 nitrogen and oxygen atoms in total. The highest BCUT2D eigenvalue weighted by molar-refractivity contribution is 5.97. The van der Waals surface area contributed by atoms with Crippen LogP contribution < -0.4 is 0 Å². The first-order chi connectivity index (χ1) is 15.7. The number of benzene rings is 2. The summed E-state index contributed by atoms with van der Waals surface area (Å²) in [6.07, 6.45) is 1.91. The number of fused-ring (bicyclic) bond motifs is 1. The second kappa shape index (κ2) is 8.81. The van der Waals surface area contributed by atoms with Gasteiger partial charge in [0.1, 0.15) is 24.2 Å². The van der Waals surface area contributed by atoms with Crippen molar-refractivity contribution in [3.8, 4) is 0 Å². The van der Waals surface area contributed by atoms with Crippen molar-refractivity contribution in [3.63, 3.8) is 0 Å². The van der Waals surface area contributed by atoms with Crippen LogP contribution in [0.15, 0.2) is 66.9 Å². The maximum Gasteiger partial charge on any atom is 0.257 e. The Labute approximate surface area is 192 Å². The van der Waals surface area contributed by atoms with Crippen LogP contribution in [0.4, 0.5) is 8.78 Å². The highest BCUT2D eigenvalue weighted by Gasteiger charge is 2.37. The predicted octanol–water partition coefficient (Wildman–Crippen LogP) is 4.64. The van der Waals surface area contributed by atoms with Crippen LogP contribution in [-0.2, 0) is 11.3 Å². The van der Waals surface area contributed by atoms with E-state index in [1.165, 1.54) is 29.2 Å². The van der Waals surface area contributed by atoms with Gasteiger partial charge in [-0.25, -0.2) is 8.78 Å². The van der Waals surface area contributed by atoms with Crippen molar-refractivity contribution in [3.05, 3.63) is 95.3 Å². The van der Waals surface area contributed by atoms with Gasteiger partial charge in [0.05, 0.1) is 5.56 Å². The number of carbonyl (C=O) groups excluding carboxylic acids is 2. The number of nitrogens with zero attached hydrogens (tertiary/aromatic N) is 3. The fraction of sp³-hybridized carbons (Fsp3) is 0.308. The Kier molecular flexibility index (Phi) is 6.06. The van der Waals surface area contributed by atoms with E-state index in [1.54, 1.807) is 49.9 Å². The van der Waals surface area contributed by atoms with Crippen molar-refractivity contribution in [2.75, 3.05) is 13.1 Å². The number of carbonyl (C=O) groups is 2. The first kappa shape index (κ1) is 22.7. The molecule has 4 rings (SSSR count). The van der Waals surface area contributed by atoms with Crippen LogP contribution in [0.1, 0.15) is 48.4 Å². The van der Waals surface area contributed by atoms with Crippen molar-refractivity contribution in [2.45, 2.75) is 38.9 Å². The topological polar surface area (TPSA) is 45.6 Å². The fourth-order valence-corrected chi connectivity index (χ4v) is 4.30. The van der Waals surface area contributed by atoms with E-state index < -0.39 is 29.1 Å². The molecule has 7 heteroatoms. The normalized spacial score (nSPS) is 15.8. The monoisotopic (exact) mass is 451 g/mol. The standard InChI is InChI=1S/C26H27F2N3O2/c1-26(2,3)31(25(33)19-10-5-7-12-21(19)28)17-23(32)30-16-15-29-14-8-13-22(29)24(30)18-9-4-6-11-20(18)27/h4-14,24H,15-17H2,1-3H3. The zero-order valence-electron chi connectivity index (χ0n) is 19.0. The van der Waals surface area contributed by atoms with E-state index in [0.717, 1.165) is 5.69 Å². The van der Waals surface area contributed by atoms with Crippen molar-refractivity contribution in [1.29, 1.82) is 0 Å². The molecule has 33 heavy (non-hydrogen) atoms. The summed E-state index contributed by atoms with van der Waals surface area (Å²) in [5, 5.41) is 0. The van der Waals surface area contributed by atoms with E-state index in [0.29, 0.717) is 18.7 Å². The molecule has 0 saturated carbocycles. The van der Waals surface area contributed by atoms with Gasteiger partial charge in [0.2, 0.25) is 5.91 Å². The Bertz CT molecular complexity index is 1180. The first-order valence-corrected chi connectivity index (χ1v) is 10.9. The second-order valence-electron chi connectivity index (χ2n) is 9.18. The molecule has 0 radical (unpaired) electrons. The molecule has 2 heterocycles. The summed E-state index contributed by atoms with van der Waals surface area (Å²) < 4.78 is 31.2. The van der Waals surface area contributed by atoms with Crippen LogP contribution >= 0.6 is 0 Å². The molecule has 3 aromatic rings. The molecule has 0 saturated heterocycles. The smallest absolute Gasteiger partial charge is 0.257 e. The molecule has 1 aromatic heterocycles. The Hall–Kier alpha value is -3.48. The molecular weight excluding hydrogens is 424 g/mol. The molecule has 0 aliphatic carbocycles. The minimum Gasteiger partial charge on any atom is -0.348 e. The Balaban J connectivity index is 1.68. The third-order valence-electron chi connectivity index (χ3n) is 6.01. The van der Waals surface area contributed by atoms with Crippen LogP contribution in [0.2, 0.25) is 0 Å². The zero-order valence-corrected chi connectivity index (χ0v) is 19.0. The van der Waals surface area contributed by atoms with E-state index in [2.05, 4.69) is 0 Å². The maximum atomic E-state index is 14.8. The number of hydrogen-bond donors (Lipinski definition) is 0. The van der Waals surface area contributed by atoms with Gasteiger partial charge in [-0.3, -0.25) is 9.59 Å². The Morgan fingerprint density at radius 1 is 0.939 bits per heavy atom. The van der Waals surface area contributed by atoms with Crippen molar-refractivity contribution < 1.29 is 18.4 Å². The highest BCUT2D eigenvalue weighted by Crippen LogP contribution is 2.34. The van der Waals surface area contributed by atoms with Gasteiger partial charge < -0.3 is 14.4 Å². The fourth-order valence-electron chi connectivity index (χ4n) is 4.30. The van der Waals surface area contributed by atoms with E-state index in [9.17, 15) is 18.4 Å². The van der Waals surface area contributed by atoms with Gasteiger partial charge in [0, 0.05) is 36.1 Å². The molecule has 2 amide bonds. The highest BCUT2D eigenvalue weighted by atomic mass is 19.1. The minimum absolute atomic E-state index is 0.0848. The summed E-state index contributed by atoms with van der Waals surface area (Å²) in [6, 6.07) is 15.3. The van der Waals surface area contributed by atoms with Crippen molar-refractivity contribution in [1.82, 2.24) is 14.4 Å². The zero-order chi connectivity index (χ0) is 23.8. The van der Waals surface area contributed by atoms with Gasteiger partial charge in [0.25, 0.3) is 5.91 Å². The van der Waals surface area contributed by atoms with Crippen LogP contribution in [0.5, 0.6) is 0 Å². The van der Waals surface area contributed by atoms with Gasteiger partial charge in [-0.2, -0.15) is 0 Å². The third kappa shape index (κ3) is 4.40. The van der Waals surface area contributed by atoms with Crippen LogP contribution in [-0.4, -0.2) is 44.8 Å². The van der Waals surface area contributed by atoms with Crippen LogP contribution in [0.25, 0.3) is 0 Å². The van der Waals surface area contributed by atoms with Crippen molar-refractivity contribution >= 4 is 11.8 Å². The summed E-state index contributed by atoms with van der Waals surface area (Å²) >= 11 is 0. The summed E-state index contributed by atoms with van der Waals surface area (Å²) in [5.74, 6) is -1.92. The summed E-state index contributed by atoms with van der Waals surface area (Å²) in [4.78, 5) is 29.8. The average Bonchev–Trinajstić information content (AvgIpc) is 3.25. The lowest BCUT2D eigenvalue weighted by Crippen LogP contribution is -2.53. The van der Waals surface area contributed by atoms with Crippen LogP contribution in [0, 0.1) is 11.6 Å². The maximum absolute atomic E-state index is 14.8. The lowest BCUT2D eigenvalue weighted by Gasteiger charge is -2.41. The van der Waals surface area contributed by atoms with E-state index in [-0.39, 0.29) is 18.0 Å². The van der Waals surface area contributed by atoms with Gasteiger partial charge in [-0.1, -0.05) is 30.3 Å². The Morgan fingerprint density at radius 3 is 2.27 bits per heavy atom. The molecule has 2 aromatic carbocycles. The molecule has 0 fully saturated rings. The molecule has 1 unspecified atom stereocenters. The summed E-state index contributed by atoms with van der Waals surface area (Å²) in [7, 11) is 0. The van der Waals surface area contributed by atoms with Gasteiger partial charge in [-0.05, 0) is 51.1 Å². The number of aromatic nitrogens is 1. The lowest BCUT2D eigenvalue weighted by molar-refractivity contribution is -0.135. The molecule has 0 spiro atoms. The average molecular weight is 452 g/mol. The molecule has 172 valence electrons. The van der Waals surface area contributed by atoms with E-state index >= 15 is 0 Å². The van der Waals surface area contributed by atoms with Gasteiger partial charge >= 0.3 is 0 Å². The van der Waals surface area contributed by atoms with E-state index in [1.807, 2.05) is 22.9 Å². The predicted molar refractivity (Wildman–Crippen MR) is 122 cm³/mol. The number of amides is 2. The van der Waals surface area contributed by atoms with Crippen molar-refractivity contribution in [2.24, 2.45) is 0 Å². The molecule has 1 aliphatic rings. The van der Waals surface area contributed by atoms with Gasteiger partial charge in [0.15, 0.2) is 0 Å². The molecular formula is C26H27F2N3O2.